The first-order chi connectivity index (χ1) is 12.2. The van der Waals surface area contributed by atoms with E-state index in [9.17, 15) is 4.79 Å². The molecule has 0 spiro atoms. The quantitative estimate of drug-likeness (QED) is 0.790. The van der Waals surface area contributed by atoms with Gasteiger partial charge in [-0.15, -0.1) is 0 Å². The standard InChI is InChI=1S/C22H25NO2/c1-3-25-22(24)23-10-9-17-12-19-15(2)11-18(13-20(19)21(17)14-23)16-7-5-4-6-8-16/h4-8,11,13,17,21H,3,9-10,12,14H2,1-2H3/t17-,21-/m0/s1. The molecule has 2 aromatic carbocycles. The second-order valence-electron chi connectivity index (χ2n) is 7.23. The lowest BCUT2D eigenvalue weighted by Crippen LogP contribution is -2.42. The Balaban J connectivity index is 1.67. The lowest BCUT2D eigenvalue weighted by molar-refractivity contribution is 0.0876. The van der Waals surface area contributed by atoms with E-state index in [4.69, 9.17) is 4.74 Å². The summed E-state index contributed by atoms with van der Waals surface area (Å²) < 4.78 is 5.22. The first-order valence-corrected chi connectivity index (χ1v) is 9.28. The Bertz CT molecular complexity index is 784. The van der Waals surface area contributed by atoms with Gasteiger partial charge in [0.05, 0.1) is 6.61 Å². The SMILES string of the molecule is CCOC(=O)N1CC[C@H]2Cc3c(C)cc(-c4ccccc4)cc3[C@H]2C1. The van der Waals surface area contributed by atoms with Crippen LogP contribution in [-0.4, -0.2) is 30.7 Å². The average Bonchev–Trinajstić information content (AvgIpc) is 3.01. The minimum Gasteiger partial charge on any atom is -0.450 e. The van der Waals surface area contributed by atoms with Crippen LogP contribution in [0.1, 0.15) is 36.0 Å². The summed E-state index contributed by atoms with van der Waals surface area (Å²) >= 11 is 0. The third kappa shape index (κ3) is 2.92. The molecule has 1 amide bonds. The number of benzene rings is 2. The van der Waals surface area contributed by atoms with Crippen molar-refractivity contribution in [1.29, 1.82) is 0 Å². The van der Waals surface area contributed by atoms with Crippen molar-refractivity contribution in [3.05, 3.63) is 59.2 Å². The normalized spacial score (nSPS) is 21.6. The molecule has 0 aromatic heterocycles. The van der Waals surface area contributed by atoms with Gasteiger partial charge in [-0.3, -0.25) is 0 Å². The minimum atomic E-state index is -0.162. The van der Waals surface area contributed by atoms with E-state index < -0.39 is 0 Å². The number of carbonyl (C=O) groups is 1. The maximum Gasteiger partial charge on any atom is 0.409 e. The highest BCUT2D eigenvalue weighted by Gasteiger charge is 2.39. The molecule has 130 valence electrons. The number of hydrogen-bond acceptors (Lipinski definition) is 2. The van der Waals surface area contributed by atoms with Crippen LogP contribution in [0.2, 0.25) is 0 Å². The molecule has 4 rings (SSSR count). The minimum absolute atomic E-state index is 0.162. The summed E-state index contributed by atoms with van der Waals surface area (Å²) in [5.74, 6) is 1.10. The Hall–Kier alpha value is -2.29. The van der Waals surface area contributed by atoms with E-state index in [1.807, 2.05) is 11.8 Å². The first kappa shape index (κ1) is 16.2. The molecule has 0 N–H and O–H groups in total. The van der Waals surface area contributed by atoms with E-state index in [0.29, 0.717) is 18.4 Å². The first-order valence-electron chi connectivity index (χ1n) is 9.28. The monoisotopic (exact) mass is 335 g/mol. The van der Waals surface area contributed by atoms with Crippen LogP contribution in [0.15, 0.2) is 42.5 Å². The predicted octanol–water partition coefficient (Wildman–Crippen LogP) is 4.78. The van der Waals surface area contributed by atoms with Gasteiger partial charge in [0.15, 0.2) is 0 Å². The fourth-order valence-electron chi connectivity index (χ4n) is 4.49. The fourth-order valence-corrected chi connectivity index (χ4v) is 4.49. The number of hydrogen-bond donors (Lipinski definition) is 0. The van der Waals surface area contributed by atoms with Gasteiger partial charge in [0, 0.05) is 19.0 Å². The molecule has 0 saturated carbocycles. The van der Waals surface area contributed by atoms with Crippen LogP contribution < -0.4 is 0 Å². The van der Waals surface area contributed by atoms with E-state index in [1.165, 1.54) is 27.8 Å². The van der Waals surface area contributed by atoms with Crippen LogP contribution in [-0.2, 0) is 11.2 Å². The lowest BCUT2D eigenvalue weighted by Gasteiger charge is -2.34. The molecule has 1 aliphatic heterocycles. The highest BCUT2D eigenvalue weighted by atomic mass is 16.6. The highest BCUT2D eigenvalue weighted by molar-refractivity contribution is 5.69. The summed E-state index contributed by atoms with van der Waals surface area (Å²) in [7, 11) is 0. The molecular weight excluding hydrogens is 310 g/mol. The Labute approximate surface area is 149 Å². The summed E-state index contributed by atoms with van der Waals surface area (Å²) in [6.07, 6.45) is 2.06. The van der Waals surface area contributed by atoms with E-state index in [1.54, 1.807) is 0 Å². The van der Waals surface area contributed by atoms with Crippen LogP contribution in [0.3, 0.4) is 0 Å². The third-order valence-electron chi connectivity index (χ3n) is 5.76. The van der Waals surface area contributed by atoms with Gasteiger partial charge in [-0.1, -0.05) is 42.5 Å². The Kier molecular flexibility index (Phi) is 4.24. The van der Waals surface area contributed by atoms with E-state index in [0.717, 1.165) is 25.9 Å². The van der Waals surface area contributed by atoms with E-state index in [2.05, 4.69) is 49.4 Å². The van der Waals surface area contributed by atoms with Gasteiger partial charge in [0.25, 0.3) is 0 Å². The number of fused-ring (bicyclic) bond motifs is 3. The predicted molar refractivity (Wildman–Crippen MR) is 99.8 cm³/mol. The lowest BCUT2D eigenvalue weighted by atomic mass is 9.85. The third-order valence-corrected chi connectivity index (χ3v) is 5.76. The zero-order valence-electron chi connectivity index (χ0n) is 15.0. The van der Waals surface area contributed by atoms with Gasteiger partial charge in [0.2, 0.25) is 0 Å². The van der Waals surface area contributed by atoms with Crippen molar-refractivity contribution in [3.8, 4) is 11.1 Å². The number of ether oxygens (including phenoxy) is 1. The Morgan fingerprint density at radius 1 is 1.20 bits per heavy atom. The van der Waals surface area contributed by atoms with Gasteiger partial charge in [0.1, 0.15) is 0 Å². The molecule has 3 nitrogen and oxygen atoms in total. The zero-order valence-corrected chi connectivity index (χ0v) is 15.0. The van der Waals surface area contributed by atoms with Crippen LogP contribution in [0.5, 0.6) is 0 Å². The largest absolute Gasteiger partial charge is 0.450 e. The maximum atomic E-state index is 12.2. The van der Waals surface area contributed by atoms with E-state index in [-0.39, 0.29) is 6.09 Å². The van der Waals surface area contributed by atoms with Crippen molar-refractivity contribution >= 4 is 6.09 Å². The maximum absolute atomic E-state index is 12.2. The van der Waals surface area contributed by atoms with E-state index >= 15 is 0 Å². The van der Waals surface area contributed by atoms with Gasteiger partial charge >= 0.3 is 6.09 Å². The van der Waals surface area contributed by atoms with Crippen molar-refractivity contribution in [2.75, 3.05) is 19.7 Å². The molecule has 0 radical (unpaired) electrons. The van der Waals surface area contributed by atoms with Gasteiger partial charge in [-0.05, 0) is 60.4 Å². The molecule has 1 heterocycles. The average molecular weight is 335 g/mol. The molecule has 1 aliphatic carbocycles. The van der Waals surface area contributed by atoms with Crippen molar-refractivity contribution < 1.29 is 9.53 Å². The summed E-state index contributed by atoms with van der Waals surface area (Å²) in [5, 5.41) is 0. The fraction of sp³-hybridized carbons (Fsp3) is 0.409. The molecule has 2 aliphatic rings. The number of carbonyl (C=O) groups excluding carboxylic acids is 1. The molecule has 25 heavy (non-hydrogen) atoms. The van der Waals surface area contributed by atoms with Crippen LogP contribution in [0, 0.1) is 12.8 Å². The molecule has 0 unspecified atom stereocenters. The number of rotatable bonds is 2. The molecular formula is C22H25NO2. The second kappa shape index (κ2) is 6.55. The topological polar surface area (TPSA) is 29.5 Å². The van der Waals surface area contributed by atoms with Gasteiger partial charge < -0.3 is 9.64 Å². The number of amides is 1. The number of likely N-dealkylation sites (tertiary alicyclic amines) is 1. The van der Waals surface area contributed by atoms with Crippen molar-refractivity contribution in [2.24, 2.45) is 5.92 Å². The summed E-state index contributed by atoms with van der Waals surface area (Å²) in [6, 6.07) is 15.2. The Morgan fingerprint density at radius 3 is 2.76 bits per heavy atom. The Morgan fingerprint density at radius 2 is 2.00 bits per heavy atom. The van der Waals surface area contributed by atoms with Crippen LogP contribution >= 0.6 is 0 Å². The van der Waals surface area contributed by atoms with Crippen LogP contribution in [0.4, 0.5) is 4.79 Å². The molecule has 1 saturated heterocycles. The van der Waals surface area contributed by atoms with Gasteiger partial charge in [-0.2, -0.15) is 0 Å². The van der Waals surface area contributed by atoms with Crippen molar-refractivity contribution in [2.45, 2.75) is 32.6 Å². The van der Waals surface area contributed by atoms with Gasteiger partial charge in [-0.25, -0.2) is 4.79 Å². The summed E-state index contributed by atoms with van der Waals surface area (Å²) in [4.78, 5) is 14.1. The smallest absolute Gasteiger partial charge is 0.409 e. The highest BCUT2D eigenvalue weighted by Crippen LogP contribution is 2.45. The molecule has 1 fully saturated rings. The van der Waals surface area contributed by atoms with Crippen molar-refractivity contribution in [1.82, 2.24) is 4.90 Å². The second-order valence-corrected chi connectivity index (χ2v) is 7.23. The molecule has 0 bridgehead atoms. The van der Waals surface area contributed by atoms with Crippen molar-refractivity contribution in [3.63, 3.8) is 0 Å². The number of piperidine rings is 1. The summed E-state index contributed by atoms with van der Waals surface area (Å²) in [6.45, 7) is 6.14. The zero-order chi connectivity index (χ0) is 17.4. The number of nitrogens with zero attached hydrogens (tertiary/aromatic N) is 1. The molecule has 3 heteroatoms. The summed E-state index contributed by atoms with van der Waals surface area (Å²) in [5.41, 5.74) is 6.87. The molecule has 2 atom stereocenters. The number of aryl methyl sites for hydroxylation is 1. The molecule has 2 aromatic rings. The van der Waals surface area contributed by atoms with Crippen LogP contribution in [0.25, 0.3) is 11.1 Å².